The van der Waals surface area contributed by atoms with E-state index in [9.17, 15) is 19.7 Å². The lowest BCUT2D eigenvalue weighted by atomic mass is 10.0. The predicted octanol–water partition coefficient (Wildman–Crippen LogP) is 7.05. The molecule has 49 heavy (non-hydrogen) atoms. The number of carbonyl (C=O) groups is 2. The van der Waals surface area contributed by atoms with Gasteiger partial charge >= 0.3 is 6.09 Å². The van der Waals surface area contributed by atoms with E-state index in [0.717, 1.165) is 37.0 Å². The first-order chi connectivity index (χ1) is 23.3. The summed E-state index contributed by atoms with van der Waals surface area (Å²) in [6.45, 7) is 10.9. The number of fused-ring (bicyclic) bond motifs is 1. The fraction of sp³-hybridized carbons (Fsp3) is 0.568. The summed E-state index contributed by atoms with van der Waals surface area (Å²) in [4.78, 5) is 41.8. The van der Waals surface area contributed by atoms with Crippen LogP contribution in [0.25, 0.3) is 0 Å². The van der Waals surface area contributed by atoms with E-state index in [1.807, 2.05) is 65.0 Å². The van der Waals surface area contributed by atoms with Crippen LogP contribution in [0.5, 0.6) is 11.5 Å². The summed E-state index contributed by atoms with van der Waals surface area (Å²) in [7, 11) is 3.27. The smallest absolute Gasteiger partial charge is 0.410 e. The van der Waals surface area contributed by atoms with Gasteiger partial charge in [0.15, 0.2) is 0 Å². The zero-order chi connectivity index (χ0) is 36.0. The molecule has 0 fully saturated rings. The van der Waals surface area contributed by atoms with Crippen LogP contribution < -0.4 is 9.47 Å². The molecule has 0 N–H and O–H groups in total. The van der Waals surface area contributed by atoms with E-state index in [-0.39, 0.29) is 36.9 Å². The number of hydrogen-bond acceptors (Lipinski definition) is 9. The highest BCUT2D eigenvalue weighted by atomic mass is 16.6. The van der Waals surface area contributed by atoms with Gasteiger partial charge in [-0.3, -0.25) is 14.9 Å². The molecule has 3 atom stereocenters. The second-order valence-corrected chi connectivity index (χ2v) is 13.5. The number of rotatable bonds is 9. The maximum absolute atomic E-state index is 14.5. The number of carbonyl (C=O) groups excluding carboxylic acids is 2. The van der Waals surface area contributed by atoms with Crippen molar-refractivity contribution in [2.24, 2.45) is 5.92 Å². The van der Waals surface area contributed by atoms with Gasteiger partial charge in [-0.2, -0.15) is 0 Å². The van der Waals surface area contributed by atoms with Crippen molar-refractivity contribution in [3.63, 3.8) is 0 Å². The summed E-state index contributed by atoms with van der Waals surface area (Å²) in [6, 6.07) is 11.2. The third-order valence-electron chi connectivity index (χ3n) is 8.11. The lowest BCUT2D eigenvalue weighted by Crippen LogP contribution is -2.48. The number of allylic oxidation sites excluding steroid dienone is 1. The quantitative estimate of drug-likeness (QED) is 0.155. The molecule has 0 unspecified atom stereocenters. The second kappa shape index (κ2) is 19.1. The molecule has 2 aromatic carbocycles. The molecular weight excluding hydrogens is 630 g/mol. The van der Waals surface area contributed by atoms with Gasteiger partial charge in [0.25, 0.3) is 11.6 Å². The van der Waals surface area contributed by atoms with Crippen molar-refractivity contribution in [1.29, 1.82) is 0 Å². The second-order valence-electron chi connectivity index (χ2n) is 13.5. The van der Waals surface area contributed by atoms with E-state index in [1.54, 1.807) is 19.1 Å². The Morgan fingerprint density at radius 3 is 2.53 bits per heavy atom. The zero-order valence-electron chi connectivity index (χ0n) is 30.0. The van der Waals surface area contributed by atoms with Crippen molar-refractivity contribution < 1.29 is 38.2 Å². The highest BCUT2D eigenvalue weighted by Gasteiger charge is 2.32. The fourth-order valence-corrected chi connectivity index (χ4v) is 5.30. The van der Waals surface area contributed by atoms with Gasteiger partial charge in [-0.1, -0.05) is 31.2 Å². The van der Waals surface area contributed by atoms with E-state index in [1.165, 1.54) is 23.1 Å². The number of hydrogen-bond donors (Lipinski definition) is 0. The number of nitro groups is 1. The Balaban J connectivity index is 1.95. The van der Waals surface area contributed by atoms with Gasteiger partial charge < -0.3 is 33.5 Å². The van der Waals surface area contributed by atoms with Gasteiger partial charge in [-0.15, -0.1) is 0 Å². The largest absolute Gasteiger partial charge is 0.497 e. The van der Waals surface area contributed by atoms with E-state index in [4.69, 9.17) is 23.7 Å². The number of amides is 2. The molecule has 0 radical (unpaired) electrons. The van der Waals surface area contributed by atoms with Gasteiger partial charge in [0.05, 0.1) is 62.7 Å². The first kappa shape index (κ1) is 39.3. The number of likely N-dealkylation sites (N-methyl/N-ethyl adjacent to an activating group) is 1. The monoisotopic (exact) mass is 683 g/mol. The van der Waals surface area contributed by atoms with Crippen molar-refractivity contribution in [2.45, 2.75) is 84.7 Å². The highest BCUT2D eigenvalue weighted by Crippen LogP contribution is 2.28. The molecule has 1 aliphatic rings. The van der Waals surface area contributed by atoms with E-state index >= 15 is 0 Å². The lowest BCUT2D eigenvalue weighted by Gasteiger charge is -2.36. The standard InChI is InChI=1S/C37H53N3O9/c1-27-23-39(28(2)25-46-26-29-14-17-31(45-7)18-15-29)35(41)32-22-30(40(43)44)16-19-33(32)47-20-12-10-8-9-11-13-21-48-34(27)24-38(6)36(42)49-37(3,4)5/h11,13-19,22,27-28,34H,8-10,12,20-21,23-26H2,1-7H3/b13-11+/t27-,28+,34+/m1/s1. The Morgan fingerprint density at radius 1 is 1.12 bits per heavy atom. The van der Waals surface area contributed by atoms with E-state index in [0.29, 0.717) is 25.6 Å². The topological polar surface area (TPSA) is 130 Å². The minimum atomic E-state index is -0.664. The van der Waals surface area contributed by atoms with Crippen LogP contribution in [-0.2, 0) is 20.8 Å². The lowest BCUT2D eigenvalue weighted by molar-refractivity contribution is -0.384. The molecule has 12 nitrogen and oxygen atoms in total. The number of benzene rings is 2. The van der Waals surface area contributed by atoms with Crippen LogP contribution in [0.15, 0.2) is 54.6 Å². The molecule has 0 saturated carbocycles. The van der Waals surface area contributed by atoms with Crippen LogP contribution in [0.4, 0.5) is 10.5 Å². The minimum absolute atomic E-state index is 0.109. The molecule has 0 spiro atoms. The SMILES string of the molecule is COc1ccc(COC[C@H](C)N2C[C@@H](C)[C@H](CN(C)C(=O)OC(C)(C)C)OC/C=C/CCCCCOc3ccc([N+](=O)[O-])cc3C2=O)cc1. The zero-order valence-corrected chi connectivity index (χ0v) is 30.0. The maximum atomic E-state index is 14.5. The van der Waals surface area contributed by atoms with Gasteiger partial charge in [-0.25, -0.2) is 4.79 Å². The van der Waals surface area contributed by atoms with Crippen molar-refractivity contribution in [3.05, 3.63) is 75.9 Å². The molecule has 1 aliphatic heterocycles. The minimum Gasteiger partial charge on any atom is -0.497 e. The molecule has 0 aliphatic carbocycles. The molecule has 3 rings (SSSR count). The van der Waals surface area contributed by atoms with E-state index in [2.05, 4.69) is 6.08 Å². The normalized spacial score (nSPS) is 19.5. The van der Waals surface area contributed by atoms with Gasteiger partial charge in [0.1, 0.15) is 17.1 Å². The number of nitrogens with zero attached hydrogens (tertiary/aromatic N) is 3. The van der Waals surface area contributed by atoms with Crippen molar-refractivity contribution in [3.8, 4) is 11.5 Å². The summed E-state index contributed by atoms with van der Waals surface area (Å²) in [6.07, 6.45) is 6.63. The maximum Gasteiger partial charge on any atom is 0.410 e. The molecule has 2 aromatic rings. The molecule has 12 heteroatoms. The van der Waals surface area contributed by atoms with Gasteiger partial charge in [-0.05, 0) is 77.1 Å². The average Bonchev–Trinajstić information content (AvgIpc) is 3.06. The highest BCUT2D eigenvalue weighted by molar-refractivity contribution is 5.98. The van der Waals surface area contributed by atoms with Crippen LogP contribution in [0.3, 0.4) is 0 Å². The Hall–Kier alpha value is -4.16. The summed E-state index contributed by atoms with van der Waals surface area (Å²) < 4.78 is 29.3. The number of ether oxygens (including phenoxy) is 5. The van der Waals surface area contributed by atoms with Crippen molar-refractivity contribution in [1.82, 2.24) is 9.80 Å². The summed E-state index contributed by atoms with van der Waals surface area (Å²) in [5, 5.41) is 11.8. The summed E-state index contributed by atoms with van der Waals surface area (Å²) >= 11 is 0. The van der Waals surface area contributed by atoms with Crippen LogP contribution >= 0.6 is 0 Å². The van der Waals surface area contributed by atoms with Crippen molar-refractivity contribution in [2.75, 3.05) is 47.1 Å². The summed E-state index contributed by atoms with van der Waals surface area (Å²) in [5.41, 5.74) is 0.183. The Morgan fingerprint density at radius 2 is 1.86 bits per heavy atom. The molecule has 1 heterocycles. The Kier molecular flexibility index (Phi) is 15.3. The third kappa shape index (κ3) is 13.0. The molecular formula is C37H53N3O9. The van der Waals surface area contributed by atoms with Gasteiger partial charge in [0, 0.05) is 31.6 Å². The third-order valence-corrected chi connectivity index (χ3v) is 8.11. The van der Waals surface area contributed by atoms with Crippen LogP contribution in [-0.4, -0.2) is 91.5 Å². The summed E-state index contributed by atoms with van der Waals surface area (Å²) in [5.74, 6) is 0.338. The van der Waals surface area contributed by atoms with Crippen molar-refractivity contribution >= 4 is 17.7 Å². The van der Waals surface area contributed by atoms with Crippen LogP contribution in [0.1, 0.15) is 76.2 Å². The number of nitro benzene ring substituents is 1. The molecule has 270 valence electrons. The Labute approximate surface area is 290 Å². The molecule has 0 bridgehead atoms. The van der Waals surface area contributed by atoms with E-state index < -0.39 is 34.7 Å². The van der Waals surface area contributed by atoms with Crippen LogP contribution in [0.2, 0.25) is 0 Å². The Bertz CT molecular complexity index is 1390. The molecule has 0 aromatic heterocycles. The van der Waals surface area contributed by atoms with Gasteiger partial charge in [0.2, 0.25) is 0 Å². The first-order valence-corrected chi connectivity index (χ1v) is 16.9. The fourth-order valence-electron chi connectivity index (χ4n) is 5.30. The van der Waals surface area contributed by atoms with Crippen LogP contribution in [0, 0.1) is 16.0 Å². The molecule has 2 amide bonds. The predicted molar refractivity (Wildman–Crippen MR) is 187 cm³/mol. The average molecular weight is 684 g/mol. The number of non-ortho nitro benzene ring substituents is 1. The number of methoxy groups -OCH3 is 1. The first-order valence-electron chi connectivity index (χ1n) is 16.9. The molecule has 0 saturated heterocycles.